The summed E-state index contributed by atoms with van der Waals surface area (Å²) in [6, 6.07) is 11.7. The number of hydrogen-bond donors (Lipinski definition) is 0. The third-order valence-corrected chi connectivity index (χ3v) is 3.19. The molecule has 0 saturated carbocycles. The van der Waals surface area contributed by atoms with Gasteiger partial charge in [0.05, 0.1) is 24.3 Å². The SMILES string of the molecule is [2H]C([2H])([2H])c1cc(C(=O)OC)ccc1-c1cccc(C#N)c1C. The van der Waals surface area contributed by atoms with E-state index in [1.165, 1.54) is 19.2 Å². The van der Waals surface area contributed by atoms with E-state index in [2.05, 4.69) is 10.8 Å². The molecule has 0 atom stereocenters. The Balaban J connectivity index is 2.73. The summed E-state index contributed by atoms with van der Waals surface area (Å²) in [6.07, 6.45) is 0. The summed E-state index contributed by atoms with van der Waals surface area (Å²) in [5, 5.41) is 9.15. The van der Waals surface area contributed by atoms with E-state index in [0.717, 1.165) is 0 Å². The average molecular weight is 268 g/mol. The molecular weight excluding hydrogens is 250 g/mol. The Hall–Kier alpha value is -2.60. The Labute approximate surface area is 122 Å². The Morgan fingerprint density at radius 2 is 2.10 bits per heavy atom. The highest BCUT2D eigenvalue weighted by atomic mass is 16.5. The van der Waals surface area contributed by atoms with Crippen molar-refractivity contribution in [1.82, 2.24) is 0 Å². The molecule has 100 valence electrons. The molecule has 0 amide bonds. The molecule has 0 saturated heterocycles. The molecule has 0 bridgehead atoms. The summed E-state index contributed by atoms with van der Waals surface area (Å²) in [6.45, 7) is -0.625. The average Bonchev–Trinajstić information content (AvgIpc) is 2.53. The monoisotopic (exact) mass is 268 g/mol. The van der Waals surface area contributed by atoms with Gasteiger partial charge in [-0.15, -0.1) is 0 Å². The van der Waals surface area contributed by atoms with E-state index in [-0.39, 0.29) is 11.1 Å². The fourth-order valence-corrected chi connectivity index (χ4v) is 2.07. The van der Waals surface area contributed by atoms with E-state index in [4.69, 9.17) is 9.37 Å². The summed E-state index contributed by atoms with van der Waals surface area (Å²) < 4.78 is 27.9. The van der Waals surface area contributed by atoms with Gasteiger partial charge in [-0.3, -0.25) is 0 Å². The lowest BCUT2D eigenvalue weighted by atomic mass is 9.93. The van der Waals surface area contributed by atoms with Gasteiger partial charge in [-0.2, -0.15) is 5.26 Å². The molecule has 0 aliphatic heterocycles. The number of methoxy groups -OCH3 is 1. The number of carbonyl (C=O) groups is 1. The minimum absolute atomic E-state index is 0.0542. The van der Waals surface area contributed by atoms with Crippen molar-refractivity contribution in [3.63, 3.8) is 0 Å². The normalized spacial score (nSPS) is 12.8. The van der Waals surface area contributed by atoms with Crippen LogP contribution in [-0.2, 0) is 4.74 Å². The van der Waals surface area contributed by atoms with Crippen molar-refractivity contribution in [3.05, 3.63) is 58.7 Å². The van der Waals surface area contributed by atoms with E-state index >= 15 is 0 Å². The van der Waals surface area contributed by atoms with E-state index in [1.54, 1.807) is 31.2 Å². The van der Waals surface area contributed by atoms with Gasteiger partial charge in [0.2, 0.25) is 0 Å². The molecule has 0 aromatic heterocycles. The molecule has 0 aliphatic rings. The highest BCUT2D eigenvalue weighted by Gasteiger charge is 2.11. The number of nitrogens with zero attached hydrogens (tertiary/aromatic N) is 1. The largest absolute Gasteiger partial charge is 0.465 e. The molecule has 0 fully saturated rings. The Morgan fingerprint density at radius 1 is 1.30 bits per heavy atom. The second-order valence-corrected chi connectivity index (χ2v) is 4.34. The Kier molecular flexibility index (Phi) is 2.85. The van der Waals surface area contributed by atoms with E-state index < -0.39 is 12.8 Å². The van der Waals surface area contributed by atoms with E-state index in [9.17, 15) is 4.79 Å². The molecule has 3 nitrogen and oxygen atoms in total. The third-order valence-electron chi connectivity index (χ3n) is 3.19. The molecule has 0 radical (unpaired) electrons. The summed E-state index contributed by atoms with van der Waals surface area (Å²) >= 11 is 0. The fraction of sp³-hybridized carbons (Fsp3) is 0.176. The molecular formula is C17H15NO2. The predicted molar refractivity (Wildman–Crippen MR) is 77.4 cm³/mol. The molecule has 2 aromatic rings. The second kappa shape index (κ2) is 5.58. The number of ether oxygens (including phenoxy) is 1. The van der Waals surface area contributed by atoms with Crippen molar-refractivity contribution < 1.29 is 13.6 Å². The number of aryl methyl sites for hydroxylation is 1. The quantitative estimate of drug-likeness (QED) is 0.781. The number of esters is 1. The van der Waals surface area contributed by atoms with Crippen molar-refractivity contribution >= 4 is 5.97 Å². The summed E-state index contributed by atoms with van der Waals surface area (Å²) in [5.74, 6) is -0.593. The number of benzene rings is 2. The molecule has 0 unspecified atom stereocenters. The molecule has 2 aromatic carbocycles. The smallest absolute Gasteiger partial charge is 0.337 e. The van der Waals surface area contributed by atoms with Crippen LogP contribution < -0.4 is 0 Å². The van der Waals surface area contributed by atoms with Gasteiger partial charge >= 0.3 is 5.97 Å². The lowest BCUT2D eigenvalue weighted by Gasteiger charge is -2.11. The van der Waals surface area contributed by atoms with Crippen molar-refractivity contribution in [2.24, 2.45) is 0 Å². The third kappa shape index (κ3) is 2.41. The van der Waals surface area contributed by atoms with Gasteiger partial charge in [-0.05, 0) is 54.2 Å². The van der Waals surface area contributed by atoms with Crippen LogP contribution in [0.2, 0.25) is 0 Å². The zero-order chi connectivity index (χ0) is 17.2. The summed E-state index contributed by atoms with van der Waals surface area (Å²) in [4.78, 5) is 11.7. The molecule has 20 heavy (non-hydrogen) atoms. The van der Waals surface area contributed by atoms with Crippen LogP contribution >= 0.6 is 0 Å². The van der Waals surface area contributed by atoms with Crippen LogP contribution in [0.5, 0.6) is 0 Å². The van der Waals surface area contributed by atoms with Crippen LogP contribution in [0.15, 0.2) is 36.4 Å². The van der Waals surface area contributed by atoms with Gasteiger partial charge in [-0.1, -0.05) is 18.2 Å². The first-order valence-electron chi connectivity index (χ1n) is 7.52. The minimum Gasteiger partial charge on any atom is -0.465 e. The molecule has 3 heteroatoms. The van der Waals surface area contributed by atoms with Crippen molar-refractivity contribution in [3.8, 4) is 17.2 Å². The first-order chi connectivity index (χ1) is 10.8. The van der Waals surface area contributed by atoms with Crippen LogP contribution in [0.1, 0.15) is 31.2 Å². The maximum atomic E-state index is 11.7. The standard InChI is InChI=1S/C17H15NO2/c1-11-9-13(17(19)20-3)7-8-15(11)16-6-4-5-14(10-18)12(16)2/h4-9H,1-3H3/i1D3. The zero-order valence-electron chi connectivity index (χ0n) is 14.2. The van der Waals surface area contributed by atoms with Crippen LogP contribution in [0.25, 0.3) is 11.1 Å². The van der Waals surface area contributed by atoms with Crippen LogP contribution in [0.3, 0.4) is 0 Å². The molecule has 0 heterocycles. The Morgan fingerprint density at radius 3 is 2.75 bits per heavy atom. The van der Waals surface area contributed by atoms with Crippen molar-refractivity contribution in [1.29, 1.82) is 5.26 Å². The summed E-state index contributed by atoms with van der Waals surface area (Å²) in [5.41, 5.74) is 2.55. The number of nitriles is 1. The molecule has 0 spiro atoms. The van der Waals surface area contributed by atoms with Crippen molar-refractivity contribution in [2.45, 2.75) is 13.8 Å². The van der Waals surface area contributed by atoms with Gasteiger partial charge in [0.1, 0.15) is 0 Å². The maximum absolute atomic E-state index is 11.7. The van der Waals surface area contributed by atoms with Gasteiger partial charge in [-0.25, -0.2) is 4.79 Å². The highest BCUT2D eigenvalue weighted by Crippen LogP contribution is 2.29. The zero-order valence-corrected chi connectivity index (χ0v) is 11.2. The van der Waals surface area contributed by atoms with Crippen LogP contribution in [-0.4, -0.2) is 13.1 Å². The molecule has 0 aliphatic carbocycles. The van der Waals surface area contributed by atoms with Crippen LogP contribution in [0, 0.1) is 25.1 Å². The minimum atomic E-state index is -2.39. The van der Waals surface area contributed by atoms with Gasteiger partial charge < -0.3 is 4.74 Å². The molecule has 0 N–H and O–H groups in total. The van der Waals surface area contributed by atoms with Gasteiger partial charge in [0.15, 0.2) is 0 Å². The first kappa shape index (κ1) is 10.2. The lowest BCUT2D eigenvalue weighted by Crippen LogP contribution is -2.02. The molecule has 2 rings (SSSR count). The topological polar surface area (TPSA) is 50.1 Å². The second-order valence-electron chi connectivity index (χ2n) is 4.34. The van der Waals surface area contributed by atoms with E-state index in [1.807, 2.05) is 0 Å². The lowest BCUT2D eigenvalue weighted by molar-refractivity contribution is 0.0600. The number of rotatable bonds is 2. The Bertz CT molecular complexity index is 804. The first-order valence-corrected chi connectivity index (χ1v) is 6.02. The summed E-state index contributed by atoms with van der Waals surface area (Å²) in [7, 11) is 1.24. The van der Waals surface area contributed by atoms with Crippen molar-refractivity contribution in [2.75, 3.05) is 7.11 Å². The number of hydrogen-bond acceptors (Lipinski definition) is 3. The van der Waals surface area contributed by atoms with Crippen LogP contribution in [0.4, 0.5) is 0 Å². The van der Waals surface area contributed by atoms with E-state index in [0.29, 0.717) is 22.3 Å². The predicted octanol–water partition coefficient (Wildman–Crippen LogP) is 3.63. The highest BCUT2D eigenvalue weighted by molar-refractivity contribution is 5.90. The fourth-order valence-electron chi connectivity index (χ4n) is 2.07. The van der Waals surface area contributed by atoms with Gasteiger partial charge in [0.25, 0.3) is 0 Å². The maximum Gasteiger partial charge on any atom is 0.337 e. The number of carbonyl (C=O) groups excluding carboxylic acids is 1. The van der Waals surface area contributed by atoms with Gasteiger partial charge in [0, 0.05) is 4.11 Å².